The van der Waals surface area contributed by atoms with Crippen molar-refractivity contribution in [3.8, 4) is 0 Å². The number of halogens is 1. The number of carboxylic acids is 1. The normalized spacial score (nSPS) is 17.8. The van der Waals surface area contributed by atoms with Gasteiger partial charge >= 0.3 is 5.97 Å². The third kappa shape index (κ3) is 4.30. The van der Waals surface area contributed by atoms with Crippen molar-refractivity contribution in [2.45, 2.75) is 64.2 Å². The number of benzene rings is 2. The summed E-state index contributed by atoms with van der Waals surface area (Å²) in [7, 11) is 0. The molecule has 38 heavy (non-hydrogen) atoms. The molecule has 3 heterocycles. The van der Waals surface area contributed by atoms with Crippen molar-refractivity contribution in [2.75, 3.05) is 0 Å². The molecule has 1 fully saturated rings. The summed E-state index contributed by atoms with van der Waals surface area (Å²) in [4.78, 5) is 23.6. The molecule has 0 amide bonds. The van der Waals surface area contributed by atoms with Crippen molar-refractivity contribution < 1.29 is 34.4 Å². The molecular formula is C30H28FIrN4O2-. The molecule has 197 valence electrons. The van der Waals surface area contributed by atoms with Gasteiger partial charge in [-0.3, -0.25) is 14.4 Å². The van der Waals surface area contributed by atoms with Crippen LogP contribution in [-0.4, -0.2) is 30.4 Å². The standard InChI is InChI=1S/C24H23FN3.C6H5NO2.Ir/c1-12-7-17-19(11-18(12)25)27-23(24(2,3)4)28-21-10-16-14-6-5-13(8-14)15(16)9-20(21)26-22(17)28;8-6(9)5-3-1-2-4-7-5;/h9-11,13-14H,5-6,8H2,1-4H3;1-4H,(H,8,9);/q-1;;. The van der Waals surface area contributed by atoms with E-state index in [4.69, 9.17) is 15.1 Å². The first-order valence-corrected chi connectivity index (χ1v) is 12.6. The van der Waals surface area contributed by atoms with Crippen LogP contribution < -0.4 is 0 Å². The predicted octanol–water partition coefficient (Wildman–Crippen LogP) is 6.72. The number of aromatic carboxylic acids is 1. The number of aryl methyl sites for hydroxylation is 1. The summed E-state index contributed by atoms with van der Waals surface area (Å²) >= 11 is 0. The predicted molar refractivity (Wildman–Crippen MR) is 141 cm³/mol. The number of carbonyl (C=O) groups is 1. The van der Waals surface area contributed by atoms with Crippen LogP contribution in [0.5, 0.6) is 0 Å². The summed E-state index contributed by atoms with van der Waals surface area (Å²) in [6.45, 7) is 8.19. The Morgan fingerprint density at radius 1 is 1.08 bits per heavy atom. The first-order chi connectivity index (χ1) is 17.6. The van der Waals surface area contributed by atoms with Crippen LogP contribution in [-0.2, 0) is 25.5 Å². The maximum absolute atomic E-state index is 14.2. The number of rotatable bonds is 1. The number of pyridine rings is 1. The van der Waals surface area contributed by atoms with E-state index >= 15 is 0 Å². The number of imidazole rings is 1. The summed E-state index contributed by atoms with van der Waals surface area (Å²) in [6, 6.07) is 14.1. The van der Waals surface area contributed by atoms with Crippen LogP contribution in [0.25, 0.3) is 27.6 Å². The molecule has 1 radical (unpaired) electrons. The van der Waals surface area contributed by atoms with Gasteiger partial charge in [0, 0.05) is 37.5 Å². The van der Waals surface area contributed by atoms with Crippen molar-refractivity contribution in [1.29, 1.82) is 0 Å². The zero-order valence-corrected chi connectivity index (χ0v) is 24.1. The number of aromatic nitrogens is 4. The Balaban J connectivity index is 0.000000253. The van der Waals surface area contributed by atoms with Gasteiger partial charge in [0.25, 0.3) is 0 Å². The SMILES string of the molecule is Cc1[c-]c2c(cc1F)nc(C(C)(C)C)n1c3cc4c(cc3nc21)C1CCC4C1.O=C(O)c1ccccn1.[Ir]. The maximum Gasteiger partial charge on any atom is 0.354 e. The van der Waals surface area contributed by atoms with Crippen molar-refractivity contribution in [2.24, 2.45) is 0 Å². The maximum atomic E-state index is 14.2. The molecule has 1 saturated carbocycles. The molecular weight excluding hydrogens is 660 g/mol. The summed E-state index contributed by atoms with van der Waals surface area (Å²) < 4.78 is 16.4. The third-order valence-corrected chi connectivity index (χ3v) is 7.58. The van der Waals surface area contributed by atoms with E-state index in [-0.39, 0.29) is 37.0 Å². The molecule has 2 unspecified atom stereocenters. The van der Waals surface area contributed by atoms with E-state index in [2.05, 4.69) is 48.4 Å². The Morgan fingerprint density at radius 3 is 2.39 bits per heavy atom. The van der Waals surface area contributed by atoms with E-state index in [0.717, 1.165) is 27.9 Å². The van der Waals surface area contributed by atoms with Gasteiger partial charge in [0.15, 0.2) is 0 Å². The summed E-state index contributed by atoms with van der Waals surface area (Å²) in [5.41, 5.74) is 6.99. The molecule has 2 aromatic carbocycles. The van der Waals surface area contributed by atoms with Crippen LogP contribution in [0.4, 0.5) is 4.39 Å². The average molecular weight is 688 g/mol. The van der Waals surface area contributed by atoms with Crippen molar-refractivity contribution in [1.82, 2.24) is 19.4 Å². The van der Waals surface area contributed by atoms with Gasteiger partial charge in [-0.05, 0) is 72.0 Å². The Bertz CT molecular complexity index is 1710. The summed E-state index contributed by atoms with van der Waals surface area (Å²) in [5.74, 6) is 1.06. The number of carboxylic acid groups (broad SMARTS) is 1. The molecule has 0 saturated heterocycles. The molecule has 0 aliphatic heterocycles. The number of nitrogens with zero attached hydrogens (tertiary/aromatic N) is 4. The molecule has 2 aliphatic carbocycles. The average Bonchev–Trinajstić information content (AvgIpc) is 3.57. The Kier molecular flexibility index (Phi) is 6.60. The minimum Gasteiger partial charge on any atom is -0.477 e. The summed E-state index contributed by atoms with van der Waals surface area (Å²) in [6.07, 6.45) is 5.35. The second-order valence-corrected chi connectivity index (χ2v) is 11.2. The monoisotopic (exact) mass is 688 g/mol. The number of hydrogen-bond acceptors (Lipinski definition) is 4. The second-order valence-electron chi connectivity index (χ2n) is 11.2. The minimum atomic E-state index is -0.990. The fourth-order valence-corrected chi connectivity index (χ4v) is 5.82. The van der Waals surface area contributed by atoms with Gasteiger partial charge in [0.1, 0.15) is 11.5 Å². The number of fused-ring (bicyclic) bond motifs is 10. The van der Waals surface area contributed by atoms with E-state index < -0.39 is 5.97 Å². The van der Waals surface area contributed by atoms with Crippen molar-refractivity contribution in [3.05, 3.63) is 82.7 Å². The van der Waals surface area contributed by atoms with Crippen LogP contribution in [0.3, 0.4) is 0 Å². The van der Waals surface area contributed by atoms with Gasteiger partial charge in [0.2, 0.25) is 0 Å². The molecule has 5 aromatic rings. The zero-order valence-electron chi connectivity index (χ0n) is 21.7. The van der Waals surface area contributed by atoms with Crippen LogP contribution in [0.15, 0.2) is 42.6 Å². The molecule has 0 spiro atoms. The van der Waals surface area contributed by atoms with E-state index in [0.29, 0.717) is 22.9 Å². The van der Waals surface area contributed by atoms with Crippen LogP contribution in [0, 0.1) is 18.8 Å². The van der Waals surface area contributed by atoms with Gasteiger partial charge in [-0.2, -0.15) is 0 Å². The third-order valence-electron chi connectivity index (χ3n) is 7.58. The zero-order chi connectivity index (χ0) is 26.1. The van der Waals surface area contributed by atoms with E-state index in [9.17, 15) is 9.18 Å². The van der Waals surface area contributed by atoms with Crippen LogP contribution >= 0.6 is 0 Å². The molecule has 3 aromatic heterocycles. The second kappa shape index (κ2) is 9.51. The molecule has 6 nitrogen and oxygen atoms in total. The Hall–Kier alpha value is -3.22. The van der Waals surface area contributed by atoms with Crippen LogP contribution in [0.2, 0.25) is 0 Å². The first-order valence-electron chi connectivity index (χ1n) is 12.6. The van der Waals surface area contributed by atoms with Gasteiger partial charge < -0.3 is 9.51 Å². The van der Waals surface area contributed by atoms with Crippen molar-refractivity contribution in [3.63, 3.8) is 0 Å². The van der Waals surface area contributed by atoms with Crippen molar-refractivity contribution >= 4 is 33.6 Å². The first kappa shape index (κ1) is 26.4. The smallest absolute Gasteiger partial charge is 0.354 e. The minimum absolute atomic E-state index is 0. The van der Waals surface area contributed by atoms with Gasteiger partial charge in [0.05, 0.1) is 16.7 Å². The fourth-order valence-electron chi connectivity index (χ4n) is 5.82. The van der Waals surface area contributed by atoms with Gasteiger partial charge in [-0.1, -0.05) is 50.8 Å². The largest absolute Gasteiger partial charge is 0.477 e. The molecule has 2 bridgehead atoms. The molecule has 2 atom stereocenters. The molecule has 1 N–H and O–H groups in total. The molecule has 7 rings (SSSR count). The van der Waals surface area contributed by atoms with E-state index in [1.807, 2.05) is 0 Å². The number of hydrogen-bond donors (Lipinski definition) is 1. The van der Waals surface area contributed by atoms with Crippen LogP contribution in [0.1, 0.15) is 84.9 Å². The van der Waals surface area contributed by atoms with E-state index in [1.165, 1.54) is 48.7 Å². The summed E-state index contributed by atoms with van der Waals surface area (Å²) in [5, 5.41) is 9.12. The Morgan fingerprint density at radius 2 is 1.79 bits per heavy atom. The molecule has 8 heteroatoms. The quantitative estimate of drug-likeness (QED) is 0.198. The fraction of sp³-hybridized carbons (Fsp3) is 0.333. The topological polar surface area (TPSA) is 80.4 Å². The Labute approximate surface area is 233 Å². The molecule has 2 aliphatic rings. The van der Waals surface area contributed by atoms with Gasteiger partial charge in [-0.15, -0.1) is 6.07 Å². The van der Waals surface area contributed by atoms with Gasteiger partial charge in [-0.25, -0.2) is 9.78 Å². The van der Waals surface area contributed by atoms with E-state index in [1.54, 1.807) is 19.1 Å².